The van der Waals surface area contributed by atoms with E-state index in [1.54, 1.807) is 0 Å². The summed E-state index contributed by atoms with van der Waals surface area (Å²) in [5.74, 6) is 1.76. The monoisotopic (exact) mass is 407 g/mol. The zero-order valence-electron chi connectivity index (χ0n) is 17.5. The van der Waals surface area contributed by atoms with Crippen molar-refractivity contribution in [3.05, 3.63) is 95.8 Å². The molecule has 0 bridgehead atoms. The van der Waals surface area contributed by atoms with E-state index in [4.69, 9.17) is 9.72 Å². The van der Waals surface area contributed by atoms with Gasteiger partial charge in [0.1, 0.15) is 12.4 Å². The van der Waals surface area contributed by atoms with Crippen molar-refractivity contribution in [2.45, 2.75) is 51.2 Å². The molecule has 2 aromatic heterocycles. The molecule has 1 fully saturated rings. The van der Waals surface area contributed by atoms with E-state index < -0.39 is 0 Å². The van der Waals surface area contributed by atoms with Gasteiger partial charge in [-0.1, -0.05) is 61.7 Å². The predicted molar refractivity (Wildman–Crippen MR) is 121 cm³/mol. The third-order valence-corrected chi connectivity index (χ3v) is 5.80. The molecular weight excluding hydrogens is 382 g/mol. The summed E-state index contributed by atoms with van der Waals surface area (Å²) < 4.78 is 7.93. The van der Waals surface area contributed by atoms with E-state index in [-0.39, 0.29) is 0 Å². The lowest BCUT2D eigenvalue weighted by atomic mass is 9.95. The Morgan fingerprint density at radius 2 is 1.87 bits per heavy atom. The van der Waals surface area contributed by atoms with E-state index in [1.807, 2.05) is 42.6 Å². The maximum Gasteiger partial charge on any atom is 0.191 e. The third kappa shape index (κ3) is 4.60. The second-order valence-corrected chi connectivity index (χ2v) is 8.09. The van der Waals surface area contributed by atoms with Crippen LogP contribution in [0.2, 0.25) is 0 Å². The van der Waals surface area contributed by atoms with Gasteiger partial charge in [0.2, 0.25) is 0 Å². The van der Waals surface area contributed by atoms with Crippen molar-refractivity contribution < 1.29 is 4.74 Å². The second-order valence-electron chi connectivity index (χ2n) is 8.09. The highest BCUT2D eigenvalue weighted by Gasteiger charge is 2.18. The fraction of sp³-hybridized carbons (Fsp3) is 0.296. The van der Waals surface area contributed by atoms with Crippen LogP contribution >= 0.6 is 0 Å². The molecule has 2 aromatic carbocycles. The third-order valence-electron chi connectivity index (χ3n) is 5.80. The molecule has 0 radical (unpaired) electrons. The van der Waals surface area contributed by atoms with Crippen molar-refractivity contribution >= 4 is 11.5 Å². The van der Waals surface area contributed by atoms with Gasteiger partial charge in [0.25, 0.3) is 0 Å². The average molecular weight is 408 g/mol. The summed E-state index contributed by atoms with van der Waals surface area (Å²) in [6.07, 6.45) is 9.02. The molecule has 1 aliphatic rings. The zero-order valence-corrected chi connectivity index (χ0v) is 17.5. The lowest BCUT2D eigenvalue weighted by molar-refractivity contribution is 0.306. The van der Waals surface area contributed by atoms with Gasteiger partial charge in [-0.3, -0.25) is 4.40 Å². The Hall–Kier alpha value is -3.63. The van der Waals surface area contributed by atoms with Gasteiger partial charge in [-0.2, -0.15) is 0 Å². The van der Waals surface area contributed by atoms with Crippen molar-refractivity contribution in [1.82, 2.24) is 9.38 Å². The molecule has 0 amide bonds. The Kier molecular flexibility index (Phi) is 5.63. The summed E-state index contributed by atoms with van der Waals surface area (Å²) in [7, 11) is 0. The minimum absolute atomic E-state index is 0.501. The quantitative estimate of drug-likeness (QED) is 0.443. The van der Waals surface area contributed by atoms with Gasteiger partial charge in [-0.15, -0.1) is 0 Å². The highest BCUT2D eigenvalue weighted by Crippen LogP contribution is 2.26. The van der Waals surface area contributed by atoms with E-state index in [2.05, 4.69) is 46.1 Å². The van der Waals surface area contributed by atoms with E-state index in [1.165, 1.54) is 32.1 Å². The molecule has 31 heavy (non-hydrogen) atoms. The van der Waals surface area contributed by atoms with Crippen molar-refractivity contribution in [3.63, 3.8) is 0 Å². The van der Waals surface area contributed by atoms with Gasteiger partial charge >= 0.3 is 0 Å². The Bertz CT molecular complexity index is 1110. The number of anilines is 1. The average Bonchev–Trinajstić information content (AvgIpc) is 3.17. The molecule has 154 valence electrons. The standard InChI is InChI=1S/C27H25N3O/c1-3-9-22(10-4-1)20-31-24-16-14-21(15-17-24)19-25-27(28-23-11-5-2-6-12-23)30-18-8-7-13-26(30)29-25/h1,3-4,8-10,14,16,18,23,28H,2,5-6,11-12,19-20H2. The molecule has 5 rings (SSSR count). The highest BCUT2D eigenvalue weighted by atomic mass is 16.5. The molecule has 1 saturated carbocycles. The molecule has 2 heterocycles. The van der Waals surface area contributed by atoms with E-state index in [0.29, 0.717) is 24.8 Å². The van der Waals surface area contributed by atoms with Crippen LogP contribution in [0, 0.1) is 24.3 Å². The van der Waals surface area contributed by atoms with Gasteiger partial charge in [0.15, 0.2) is 11.4 Å². The first kappa shape index (κ1) is 19.3. The largest absolute Gasteiger partial charge is 0.481 e. The van der Waals surface area contributed by atoms with Crippen LogP contribution in [-0.4, -0.2) is 15.4 Å². The summed E-state index contributed by atoms with van der Waals surface area (Å²) in [5.41, 5.74) is 3.97. The Labute approximate surface area is 183 Å². The Morgan fingerprint density at radius 3 is 2.68 bits per heavy atom. The summed E-state index contributed by atoms with van der Waals surface area (Å²) >= 11 is 0. The van der Waals surface area contributed by atoms with Crippen LogP contribution < -0.4 is 10.1 Å². The number of nitrogens with one attached hydrogen (secondary N) is 1. The molecule has 4 aromatic rings. The van der Waals surface area contributed by atoms with E-state index in [9.17, 15) is 0 Å². The molecule has 0 saturated heterocycles. The predicted octanol–water partition coefficient (Wildman–Crippen LogP) is 5.45. The van der Waals surface area contributed by atoms with Crippen molar-refractivity contribution in [2.24, 2.45) is 0 Å². The maximum absolute atomic E-state index is 5.84. The maximum atomic E-state index is 5.84. The normalized spacial score (nSPS) is 14.1. The van der Waals surface area contributed by atoms with Crippen LogP contribution in [0.15, 0.2) is 54.7 Å². The van der Waals surface area contributed by atoms with E-state index >= 15 is 0 Å². The molecule has 0 spiro atoms. The van der Waals surface area contributed by atoms with Crippen LogP contribution in [0.1, 0.15) is 48.9 Å². The molecule has 0 unspecified atom stereocenters. The van der Waals surface area contributed by atoms with Crippen molar-refractivity contribution in [1.29, 1.82) is 0 Å². The molecule has 4 nitrogen and oxygen atoms in total. The zero-order chi connectivity index (χ0) is 20.9. The fourth-order valence-electron chi connectivity index (χ4n) is 4.15. The summed E-state index contributed by atoms with van der Waals surface area (Å²) in [5, 5.41) is 3.76. The highest BCUT2D eigenvalue weighted by molar-refractivity contribution is 5.55. The number of fused-ring (bicyclic) bond motifs is 1. The molecule has 1 aliphatic carbocycles. The summed E-state index contributed by atoms with van der Waals surface area (Å²) in [6, 6.07) is 29.1. The van der Waals surface area contributed by atoms with Crippen LogP contribution in [0.4, 0.5) is 5.82 Å². The number of ether oxygens (including phenoxy) is 1. The first-order valence-corrected chi connectivity index (χ1v) is 11.0. The van der Waals surface area contributed by atoms with Gasteiger partial charge < -0.3 is 10.1 Å². The summed E-state index contributed by atoms with van der Waals surface area (Å²) in [6.45, 7) is 0.527. The van der Waals surface area contributed by atoms with Gasteiger partial charge in [0.05, 0.1) is 5.69 Å². The number of aromatic nitrogens is 2. The van der Waals surface area contributed by atoms with Crippen molar-refractivity contribution in [3.8, 4) is 5.75 Å². The van der Waals surface area contributed by atoms with Gasteiger partial charge in [-0.25, -0.2) is 4.98 Å². The van der Waals surface area contributed by atoms with Crippen molar-refractivity contribution in [2.75, 3.05) is 5.32 Å². The molecule has 0 atom stereocenters. The number of imidazole rings is 1. The lowest BCUT2D eigenvalue weighted by Crippen LogP contribution is -2.23. The van der Waals surface area contributed by atoms with E-state index in [0.717, 1.165) is 28.3 Å². The second kappa shape index (κ2) is 9.02. The topological polar surface area (TPSA) is 38.6 Å². The lowest BCUT2D eigenvalue weighted by Gasteiger charge is -2.24. The number of rotatable bonds is 7. The minimum atomic E-state index is 0.501. The van der Waals surface area contributed by atoms with Crippen LogP contribution in [-0.2, 0) is 13.0 Å². The Balaban J connectivity index is 1.32. The number of hydrogen-bond acceptors (Lipinski definition) is 3. The smallest absolute Gasteiger partial charge is 0.191 e. The summed E-state index contributed by atoms with van der Waals surface area (Å²) in [4.78, 5) is 4.82. The van der Waals surface area contributed by atoms with Crippen LogP contribution in [0.25, 0.3) is 5.65 Å². The molecule has 4 heteroatoms. The molecular formula is C27H25N3O. The number of benzene rings is 1. The first-order chi connectivity index (χ1) is 15.3. The van der Waals surface area contributed by atoms with Crippen LogP contribution in [0.5, 0.6) is 5.75 Å². The SMILES string of the molecule is c1ccn2c(NC3CCCCC3)c(Cc3c#cc(OCc4ccccc4)cc3)nc2c#1. The van der Waals surface area contributed by atoms with Crippen LogP contribution in [0.3, 0.4) is 0 Å². The van der Waals surface area contributed by atoms with Gasteiger partial charge in [0, 0.05) is 30.3 Å². The Morgan fingerprint density at radius 1 is 1.00 bits per heavy atom. The number of nitrogens with zero attached hydrogens (tertiary/aromatic N) is 2. The molecule has 0 aliphatic heterocycles. The first-order valence-electron chi connectivity index (χ1n) is 11.0. The molecule has 1 N–H and O–H groups in total. The fourth-order valence-corrected chi connectivity index (χ4v) is 4.15. The number of hydrogen-bond donors (Lipinski definition) is 1. The van der Waals surface area contributed by atoms with Gasteiger partial charge in [-0.05, 0) is 42.7 Å². The minimum Gasteiger partial charge on any atom is -0.481 e.